The lowest BCUT2D eigenvalue weighted by atomic mass is 10.0. The predicted octanol–water partition coefficient (Wildman–Crippen LogP) is 2.76. The highest BCUT2D eigenvalue weighted by Crippen LogP contribution is 2.16. The molecule has 0 unspecified atom stereocenters. The number of hydrogen-bond acceptors (Lipinski definition) is 2. The van der Waals surface area contributed by atoms with Crippen LogP contribution in [0, 0.1) is 5.92 Å². The molecule has 0 saturated heterocycles. The summed E-state index contributed by atoms with van der Waals surface area (Å²) in [5, 5.41) is 9.57. The standard InChI is InChI=1S/C10H22O2Si/c1-8(2)10(11)7-9(3)12-13(4,5)6/h8,10-11H,3,7H2,1-2,4-6H3/t10-/m0/s1. The van der Waals surface area contributed by atoms with E-state index in [0.717, 1.165) is 5.76 Å². The van der Waals surface area contributed by atoms with Crippen LogP contribution in [0.3, 0.4) is 0 Å². The molecule has 0 radical (unpaired) electrons. The van der Waals surface area contributed by atoms with Crippen LogP contribution in [0.1, 0.15) is 20.3 Å². The molecule has 0 aromatic rings. The summed E-state index contributed by atoms with van der Waals surface area (Å²) in [6, 6.07) is 0. The molecule has 0 aromatic heterocycles. The monoisotopic (exact) mass is 202 g/mol. The van der Waals surface area contributed by atoms with Gasteiger partial charge >= 0.3 is 0 Å². The van der Waals surface area contributed by atoms with Crippen molar-refractivity contribution in [3.05, 3.63) is 12.3 Å². The lowest BCUT2D eigenvalue weighted by molar-refractivity contribution is 0.114. The van der Waals surface area contributed by atoms with E-state index in [1.165, 1.54) is 0 Å². The minimum Gasteiger partial charge on any atom is -0.548 e. The van der Waals surface area contributed by atoms with Crippen LogP contribution in [0.2, 0.25) is 19.6 Å². The van der Waals surface area contributed by atoms with E-state index in [9.17, 15) is 5.11 Å². The molecule has 0 rings (SSSR count). The summed E-state index contributed by atoms with van der Waals surface area (Å²) in [6.07, 6.45) is 0.228. The van der Waals surface area contributed by atoms with Crippen LogP contribution in [0.25, 0.3) is 0 Å². The summed E-state index contributed by atoms with van der Waals surface area (Å²) in [7, 11) is -1.53. The van der Waals surface area contributed by atoms with Gasteiger partial charge in [-0.3, -0.25) is 0 Å². The molecule has 0 amide bonds. The number of rotatable bonds is 5. The first kappa shape index (κ1) is 12.7. The Morgan fingerprint density at radius 3 is 2.15 bits per heavy atom. The first-order valence-electron chi connectivity index (χ1n) is 4.77. The Hall–Kier alpha value is -0.283. The second-order valence-corrected chi connectivity index (χ2v) is 9.20. The van der Waals surface area contributed by atoms with E-state index in [1.807, 2.05) is 13.8 Å². The predicted molar refractivity (Wildman–Crippen MR) is 59.0 cm³/mol. The maximum absolute atomic E-state index is 9.57. The van der Waals surface area contributed by atoms with Crippen LogP contribution in [0.15, 0.2) is 12.3 Å². The van der Waals surface area contributed by atoms with E-state index >= 15 is 0 Å². The fraction of sp³-hybridized carbons (Fsp3) is 0.800. The third-order valence-electron chi connectivity index (χ3n) is 1.66. The minimum absolute atomic E-state index is 0.266. The van der Waals surface area contributed by atoms with Gasteiger partial charge in [-0.2, -0.15) is 0 Å². The molecule has 13 heavy (non-hydrogen) atoms. The molecule has 0 spiro atoms. The average molecular weight is 202 g/mol. The van der Waals surface area contributed by atoms with E-state index in [-0.39, 0.29) is 12.0 Å². The zero-order valence-electron chi connectivity index (χ0n) is 9.42. The van der Waals surface area contributed by atoms with Gasteiger partial charge in [-0.1, -0.05) is 20.4 Å². The van der Waals surface area contributed by atoms with Gasteiger partial charge in [0.2, 0.25) is 8.32 Å². The van der Waals surface area contributed by atoms with Crippen molar-refractivity contribution in [3.63, 3.8) is 0 Å². The Balaban J connectivity index is 3.89. The van der Waals surface area contributed by atoms with Gasteiger partial charge in [-0.25, -0.2) is 0 Å². The van der Waals surface area contributed by atoms with Crippen molar-refractivity contribution >= 4 is 8.32 Å². The topological polar surface area (TPSA) is 29.5 Å². The van der Waals surface area contributed by atoms with Crippen LogP contribution in [-0.4, -0.2) is 19.5 Å². The lowest BCUT2D eigenvalue weighted by Crippen LogP contribution is -2.26. The number of aliphatic hydroxyl groups excluding tert-OH is 1. The van der Waals surface area contributed by atoms with E-state index in [1.54, 1.807) is 0 Å². The maximum atomic E-state index is 9.57. The molecule has 0 heterocycles. The Labute approximate surface area is 82.7 Å². The van der Waals surface area contributed by atoms with Gasteiger partial charge in [0.1, 0.15) is 0 Å². The maximum Gasteiger partial charge on any atom is 0.241 e. The highest BCUT2D eigenvalue weighted by atomic mass is 28.4. The van der Waals surface area contributed by atoms with Crippen LogP contribution in [-0.2, 0) is 4.43 Å². The van der Waals surface area contributed by atoms with E-state index in [2.05, 4.69) is 26.2 Å². The summed E-state index contributed by atoms with van der Waals surface area (Å²) < 4.78 is 5.64. The molecule has 0 aromatic carbocycles. The van der Waals surface area contributed by atoms with E-state index < -0.39 is 8.32 Å². The van der Waals surface area contributed by atoms with Gasteiger partial charge in [-0.05, 0) is 25.6 Å². The summed E-state index contributed by atoms with van der Waals surface area (Å²) in [6.45, 7) is 14.1. The zero-order chi connectivity index (χ0) is 10.6. The molecule has 1 N–H and O–H groups in total. The van der Waals surface area contributed by atoms with Gasteiger partial charge < -0.3 is 9.53 Å². The summed E-state index contributed by atoms with van der Waals surface area (Å²) in [5.41, 5.74) is 0. The molecule has 78 valence electrons. The second-order valence-electron chi connectivity index (χ2n) is 4.77. The summed E-state index contributed by atoms with van der Waals surface area (Å²) in [4.78, 5) is 0. The molecular weight excluding hydrogens is 180 g/mol. The molecule has 0 bridgehead atoms. The van der Waals surface area contributed by atoms with E-state index in [4.69, 9.17) is 4.43 Å². The minimum atomic E-state index is -1.53. The Bertz CT molecular complexity index is 170. The van der Waals surface area contributed by atoms with Gasteiger partial charge in [0.05, 0.1) is 11.9 Å². The van der Waals surface area contributed by atoms with Crippen molar-refractivity contribution < 1.29 is 9.53 Å². The molecule has 2 nitrogen and oxygen atoms in total. The summed E-state index contributed by atoms with van der Waals surface area (Å²) in [5.74, 6) is 0.988. The third-order valence-corrected chi connectivity index (χ3v) is 2.56. The first-order valence-corrected chi connectivity index (χ1v) is 8.18. The number of aliphatic hydroxyl groups is 1. The van der Waals surface area contributed by atoms with Gasteiger partial charge in [0, 0.05) is 6.42 Å². The largest absolute Gasteiger partial charge is 0.548 e. The van der Waals surface area contributed by atoms with Crippen molar-refractivity contribution in [2.24, 2.45) is 5.92 Å². The van der Waals surface area contributed by atoms with Crippen LogP contribution < -0.4 is 0 Å². The van der Waals surface area contributed by atoms with Gasteiger partial charge in [0.15, 0.2) is 0 Å². The normalized spacial score (nSPS) is 14.4. The van der Waals surface area contributed by atoms with Gasteiger partial charge in [-0.15, -0.1) is 0 Å². The lowest BCUT2D eigenvalue weighted by Gasteiger charge is -2.23. The highest BCUT2D eigenvalue weighted by molar-refractivity contribution is 6.70. The molecule has 0 aliphatic carbocycles. The SMILES string of the molecule is C=C(C[C@H](O)C(C)C)O[Si](C)(C)C. The Morgan fingerprint density at radius 2 is 1.85 bits per heavy atom. The fourth-order valence-corrected chi connectivity index (χ4v) is 1.89. The summed E-state index contributed by atoms with van der Waals surface area (Å²) >= 11 is 0. The molecule has 1 atom stereocenters. The van der Waals surface area contributed by atoms with Crippen molar-refractivity contribution in [2.45, 2.75) is 46.0 Å². The molecule has 0 fully saturated rings. The second kappa shape index (κ2) is 4.82. The van der Waals surface area contributed by atoms with Crippen molar-refractivity contribution in [1.82, 2.24) is 0 Å². The fourth-order valence-electron chi connectivity index (χ4n) is 0.944. The van der Waals surface area contributed by atoms with Crippen LogP contribution in [0.4, 0.5) is 0 Å². The highest BCUT2D eigenvalue weighted by Gasteiger charge is 2.19. The smallest absolute Gasteiger partial charge is 0.241 e. The zero-order valence-corrected chi connectivity index (χ0v) is 10.4. The van der Waals surface area contributed by atoms with Crippen molar-refractivity contribution in [3.8, 4) is 0 Å². The third kappa shape index (κ3) is 6.84. The Morgan fingerprint density at radius 1 is 1.38 bits per heavy atom. The van der Waals surface area contributed by atoms with Crippen LogP contribution in [0.5, 0.6) is 0 Å². The van der Waals surface area contributed by atoms with Crippen molar-refractivity contribution in [1.29, 1.82) is 0 Å². The molecule has 3 heteroatoms. The quantitative estimate of drug-likeness (QED) is 0.549. The molecule has 0 aliphatic heterocycles. The first-order chi connectivity index (χ1) is 5.72. The Kier molecular flexibility index (Phi) is 4.71. The molecular formula is C10H22O2Si. The van der Waals surface area contributed by atoms with Crippen LogP contribution >= 0.6 is 0 Å². The van der Waals surface area contributed by atoms with Crippen molar-refractivity contribution in [2.75, 3.05) is 0 Å². The molecule has 0 saturated carbocycles. The van der Waals surface area contributed by atoms with E-state index in [0.29, 0.717) is 6.42 Å². The molecule has 0 aliphatic rings. The number of hydrogen-bond donors (Lipinski definition) is 1. The van der Waals surface area contributed by atoms with Gasteiger partial charge in [0.25, 0.3) is 0 Å². The average Bonchev–Trinajstić information content (AvgIpc) is 1.81.